The van der Waals surface area contributed by atoms with E-state index in [9.17, 15) is 9.18 Å². The normalized spacial score (nSPS) is 14.7. The van der Waals surface area contributed by atoms with E-state index in [2.05, 4.69) is 51.3 Å². The van der Waals surface area contributed by atoms with Gasteiger partial charge >= 0.3 is 0 Å². The average Bonchev–Trinajstić information content (AvgIpc) is 3.23. The highest BCUT2D eigenvalue weighted by atomic mass is 19.1. The Balaban J connectivity index is 1.27. The van der Waals surface area contributed by atoms with E-state index in [0.717, 1.165) is 31.7 Å². The van der Waals surface area contributed by atoms with Gasteiger partial charge in [0.05, 0.1) is 6.54 Å². The Morgan fingerprint density at radius 2 is 1.83 bits per heavy atom. The number of oxazole rings is 1. The highest BCUT2D eigenvalue weighted by Crippen LogP contribution is 2.21. The van der Waals surface area contributed by atoms with Crippen molar-refractivity contribution < 1.29 is 13.6 Å². The van der Waals surface area contributed by atoms with Crippen molar-refractivity contribution in [2.45, 2.75) is 20.0 Å². The molecule has 0 radical (unpaired) electrons. The van der Waals surface area contributed by atoms with Crippen molar-refractivity contribution in [2.24, 2.45) is 0 Å². The first kappa shape index (κ1) is 20.1. The van der Waals surface area contributed by atoms with Crippen LogP contribution in [0.15, 0.2) is 59.2 Å². The van der Waals surface area contributed by atoms with Gasteiger partial charge in [-0.2, -0.15) is 0 Å². The Bertz CT molecular complexity index is 994. The number of aromatic nitrogens is 1. The predicted octanol–water partition coefficient (Wildman–Crippen LogP) is 3.37. The fraction of sp³-hybridized carbons (Fsp3) is 0.304. The lowest BCUT2D eigenvalue weighted by Crippen LogP contribution is -2.46. The molecule has 1 aromatic heterocycles. The Hall–Kier alpha value is -3.19. The van der Waals surface area contributed by atoms with Gasteiger partial charge in [0.2, 0.25) is 5.89 Å². The average molecular weight is 408 g/mol. The third kappa shape index (κ3) is 4.86. The van der Waals surface area contributed by atoms with Gasteiger partial charge in [-0.15, -0.1) is 0 Å². The highest BCUT2D eigenvalue weighted by molar-refractivity contribution is 5.91. The van der Waals surface area contributed by atoms with Crippen molar-refractivity contribution >= 4 is 11.6 Å². The van der Waals surface area contributed by atoms with Crippen LogP contribution in [0.1, 0.15) is 27.5 Å². The van der Waals surface area contributed by atoms with Crippen LogP contribution in [0.2, 0.25) is 0 Å². The lowest BCUT2D eigenvalue weighted by Gasteiger charge is -2.36. The molecular formula is C23H25FN4O2. The Labute approximate surface area is 175 Å². The first-order chi connectivity index (χ1) is 14.6. The number of amides is 1. The van der Waals surface area contributed by atoms with Crippen molar-refractivity contribution in [1.29, 1.82) is 0 Å². The molecule has 4 rings (SSSR count). The molecule has 1 N–H and O–H groups in total. The molecule has 3 aromatic rings. The molecule has 0 unspecified atom stereocenters. The second-order valence-electron chi connectivity index (χ2n) is 7.49. The van der Waals surface area contributed by atoms with Crippen molar-refractivity contribution in [3.05, 3.63) is 83.3 Å². The largest absolute Gasteiger partial charge is 0.447 e. The predicted molar refractivity (Wildman–Crippen MR) is 113 cm³/mol. The molecule has 6 nitrogen and oxygen atoms in total. The summed E-state index contributed by atoms with van der Waals surface area (Å²) in [4.78, 5) is 21.3. The number of aryl methyl sites for hydroxylation is 1. The fourth-order valence-corrected chi connectivity index (χ4v) is 3.62. The van der Waals surface area contributed by atoms with Gasteiger partial charge < -0.3 is 14.6 Å². The summed E-state index contributed by atoms with van der Waals surface area (Å²) >= 11 is 0. The van der Waals surface area contributed by atoms with Crippen LogP contribution in [0.3, 0.4) is 0 Å². The lowest BCUT2D eigenvalue weighted by atomic mass is 10.1. The zero-order valence-corrected chi connectivity index (χ0v) is 17.0. The second kappa shape index (κ2) is 9.09. The van der Waals surface area contributed by atoms with Crippen molar-refractivity contribution in [3.8, 4) is 0 Å². The van der Waals surface area contributed by atoms with Gasteiger partial charge in [0, 0.05) is 38.4 Å². The number of nitrogens with one attached hydrogen (secondary N) is 1. The van der Waals surface area contributed by atoms with E-state index in [1.807, 2.05) is 0 Å². The van der Waals surface area contributed by atoms with E-state index >= 15 is 0 Å². The number of carbonyl (C=O) groups is 1. The molecule has 156 valence electrons. The Kier molecular flexibility index (Phi) is 6.09. The molecule has 0 atom stereocenters. The van der Waals surface area contributed by atoms with Crippen molar-refractivity contribution in [1.82, 2.24) is 15.2 Å². The van der Waals surface area contributed by atoms with Crippen LogP contribution in [0, 0.1) is 12.7 Å². The summed E-state index contributed by atoms with van der Waals surface area (Å²) in [5.74, 6) is -0.0732. The third-order valence-electron chi connectivity index (χ3n) is 5.34. The summed E-state index contributed by atoms with van der Waals surface area (Å²) in [6, 6.07) is 14.5. The quantitative estimate of drug-likeness (QED) is 0.678. The maximum Gasteiger partial charge on any atom is 0.273 e. The third-order valence-corrected chi connectivity index (χ3v) is 5.34. The minimum Gasteiger partial charge on any atom is -0.447 e. The molecular weight excluding hydrogens is 383 g/mol. The molecule has 1 aliphatic heterocycles. The molecule has 7 heteroatoms. The number of nitrogens with zero attached hydrogens (tertiary/aromatic N) is 3. The van der Waals surface area contributed by atoms with Crippen LogP contribution < -0.4 is 10.2 Å². The molecule has 0 spiro atoms. The van der Waals surface area contributed by atoms with Gasteiger partial charge in [-0.1, -0.05) is 30.3 Å². The lowest BCUT2D eigenvalue weighted by molar-refractivity contribution is 0.0946. The first-order valence-corrected chi connectivity index (χ1v) is 10.1. The van der Waals surface area contributed by atoms with Crippen LogP contribution in [0.25, 0.3) is 0 Å². The first-order valence-electron chi connectivity index (χ1n) is 10.1. The van der Waals surface area contributed by atoms with Gasteiger partial charge in [0.25, 0.3) is 5.91 Å². The number of carbonyl (C=O) groups excluding carboxylic acids is 1. The molecule has 1 amide bonds. The second-order valence-corrected chi connectivity index (χ2v) is 7.49. The number of halogens is 1. The van der Waals surface area contributed by atoms with Crippen molar-refractivity contribution in [2.75, 3.05) is 31.1 Å². The summed E-state index contributed by atoms with van der Waals surface area (Å²) in [6.45, 7) is 6.71. The Morgan fingerprint density at radius 3 is 2.57 bits per heavy atom. The number of benzene rings is 2. The minimum atomic E-state index is -0.307. The summed E-state index contributed by atoms with van der Waals surface area (Å²) in [5, 5.41) is 2.78. The van der Waals surface area contributed by atoms with Crippen LogP contribution in [0.4, 0.5) is 10.1 Å². The standard InChI is InChI=1S/C23H25FN4O2/c1-17-4-2-3-5-21(17)28-12-10-27(11-13-28)15-22-26-20(16-30-22)23(29)25-14-18-6-8-19(24)9-7-18/h2-9,16H,10-15H2,1H3,(H,25,29). The van der Waals surface area contributed by atoms with E-state index in [0.29, 0.717) is 19.0 Å². The molecule has 30 heavy (non-hydrogen) atoms. The van der Waals surface area contributed by atoms with Gasteiger partial charge in [0.15, 0.2) is 5.69 Å². The number of rotatable bonds is 6. The molecule has 2 heterocycles. The molecule has 0 bridgehead atoms. The van der Waals surface area contributed by atoms with Gasteiger partial charge in [-0.05, 0) is 36.2 Å². The number of para-hydroxylation sites is 1. The summed E-state index contributed by atoms with van der Waals surface area (Å²) in [5.41, 5.74) is 3.65. The zero-order chi connectivity index (χ0) is 20.9. The number of hydrogen-bond acceptors (Lipinski definition) is 5. The minimum absolute atomic E-state index is 0.255. The molecule has 0 saturated carbocycles. The number of piperazine rings is 1. The van der Waals surface area contributed by atoms with E-state index in [1.165, 1.54) is 29.6 Å². The SMILES string of the molecule is Cc1ccccc1N1CCN(Cc2nc(C(=O)NCc3ccc(F)cc3)co2)CC1. The van der Waals surface area contributed by atoms with Crippen LogP contribution >= 0.6 is 0 Å². The smallest absolute Gasteiger partial charge is 0.273 e. The highest BCUT2D eigenvalue weighted by Gasteiger charge is 2.20. The molecule has 2 aromatic carbocycles. The maximum atomic E-state index is 13.0. The van der Waals surface area contributed by atoms with E-state index in [-0.39, 0.29) is 17.4 Å². The zero-order valence-electron chi connectivity index (χ0n) is 17.0. The van der Waals surface area contributed by atoms with Gasteiger partial charge in [0.1, 0.15) is 12.1 Å². The maximum absolute atomic E-state index is 13.0. The summed E-state index contributed by atoms with van der Waals surface area (Å²) < 4.78 is 18.5. The molecule has 1 fully saturated rings. The fourth-order valence-electron chi connectivity index (χ4n) is 3.62. The van der Waals surface area contributed by atoms with E-state index in [1.54, 1.807) is 12.1 Å². The van der Waals surface area contributed by atoms with Crippen molar-refractivity contribution in [3.63, 3.8) is 0 Å². The Morgan fingerprint density at radius 1 is 1.10 bits per heavy atom. The summed E-state index contributed by atoms with van der Waals surface area (Å²) in [7, 11) is 0. The molecule has 1 aliphatic rings. The number of anilines is 1. The topological polar surface area (TPSA) is 61.6 Å². The van der Waals surface area contributed by atoms with Crippen LogP contribution in [-0.4, -0.2) is 42.0 Å². The summed E-state index contributed by atoms with van der Waals surface area (Å²) in [6.07, 6.45) is 1.39. The monoisotopic (exact) mass is 408 g/mol. The van der Waals surface area contributed by atoms with Crippen LogP contribution in [-0.2, 0) is 13.1 Å². The van der Waals surface area contributed by atoms with Gasteiger partial charge in [-0.3, -0.25) is 9.69 Å². The van der Waals surface area contributed by atoms with Crippen LogP contribution in [0.5, 0.6) is 0 Å². The van der Waals surface area contributed by atoms with Gasteiger partial charge in [-0.25, -0.2) is 9.37 Å². The molecule has 1 saturated heterocycles. The molecule has 0 aliphatic carbocycles. The van der Waals surface area contributed by atoms with E-state index in [4.69, 9.17) is 4.42 Å². The van der Waals surface area contributed by atoms with E-state index < -0.39 is 0 Å². The number of hydrogen-bond donors (Lipinski definition) is 1.